The van der Waals surface area contributed by atoms with Crippen molar-refractivity contribution in [2.45, 2.75) is 0 Å². The first-order valence-electron chi connectivity index (χ1n) is 8.70. The molecular formula is C20H14BN4O2S2-. The van der Waals surface area contributed by atoms with Gasteiger partial charge in [-0.05, 0) is 61.1 Å². The van der Waals surface area contributed by atoms with Crippen molar-refractivity contribution in [1.29, 1.82) is 0 Å². The van der Waals surface area contributed by atoms with Crippen LogP contribution in [0.1, 0.15) is 20.7 Å². The summed E-state index contributed by atoms with van der Waals surface area (Å²) in [5, 5.41) is 0. The molecule has 0 saturated carbocycles. The Labute approximate surface area is 177 Å². The van der Waals surface area contributed by atoms with Crippen molar-refractivity contribution in [3.63, 3.8) is 0 Å². The molecule has 142 valence electrons. The highest BCUT2D eigenvalue weighted by atomic mass is 32.1. The van der Waals surface area contributed by atoms with E-state index < -0.39 is 0 Å². The maximum atomic E-state index is 12.6. The second-order valence-electron chi connectivity index (χ2n) is 6.17. The summed E-state index contributed by atoms with van der Waals surface area (Å²) in [6.45, 7) is 0. The van der Waals surface area contributed by atoms with Crippen LogP contribution in [-0.4, -0.2) is 37.5 Å². The molecule has 2 aromatic carbocycles. The first-order valence-corrected chi connectivity index (χ1v) is 9.51. The summed E-state index contributed by atoms with van der Waals surface area (Å²) in [4.78, 5) is 25.3. The zero-order valence-corrected chi connectivity index (χ0v) is 16.7. The zero-order valence-electron chi connectivity index (χ0n) is 15.1. The van der Waals surface area contributed by atoms with Gasteiger partial charge in [0.05, 0.1) is 0 Å². The number of nitrogens with zero attached hydrogens (tertiary/aromatic N) is 4. The Balaban J connectivity index is 1.60. The number of rotatable bonds is 4. The second kappa shape index (κ2) is 7.98. The van der Waals surface area contributed by atoms with E-state index in [2.05, 4.69) is 0 Å². The number of hydrogen-bond donors (Lipinski definition) is 0. The van der Waals surface area contributed by atoms with Crippen molar-refractivity contribution in [2.24, 2.45) is 0 Å². The van der Waals surface area contributed by atoms with Crippen LogP contribution in [0.4, 0.5) is 0 Å². The highest BCUT2D eigenvalue weighted by Crippen LogP contribution is 2.07. The summed E-state index contributed by atoms with van der Waals surface area (Å²) >= 11 is 10.9. The van der Waals surface area contributed by atoms with Gasteiger partial charge in [-0.3, -0.25) is 18.7 Å². The van der Waals surface area contributed by atoms with Crippen LogP contribution in [0.25, 0.3) is 0 Å². The summed E-state index contributed by atoms with van der Waals surface area (Å²) in [7, 11) is 1.63. The Morgan fingerprint density at radius 1 is 0.621 bits per heavy atom. The Bertz CT molecular complexity index is 1200. The molecule has 2 heterocycles. The molecule has 0 N–H and O–H groups in total. The normalized spacial score (nSPS) is 10.8. The molecule has 0 atom stereocenters. The molecule has 6 nitrogen and oxygen atoms in total. The van der Waals surface area contributed by atoms with Crippen molar-refractivity contribution >= 4 is 43.8 Å². The molecular weight excluding hydrogens is 403 g/mol. The van der Waals surface area contributed by atoms with Crippen molar-refractivity contribution < 1.29 is 9.59 Å². The molecule has 0 bridgehead atoms. The van der Waals surface area contributed by atoms with E-state index in [1.165, 1.54) is 9.13 Å². The third kappa shape index (κ3) is 3.70. The summed E-state index contributed by atoms with van der Waals surface area (Å²) < 4.78 is 6.56. The van der Waals surface area contributed by atoms with Gasteiger partial charge >= 0.3 is 0 Å². The summed E-state index contributed by atoms with van der Waals surface area (Å²) in [5.41, 5.74) is 1.08. The molecule has 29 heavy (non-hydrogen) atoms. The molecule has 4 aromatic rings. The van der Waals surface area contributed by atoms with Gasteiger partial charge in [0.2, 0.25) is 0 Å². The SMILES string of the molecule is O=C(c1ccccc1)n1ccn([B-]n2ccn(C(=O)c3ccccc3)c2=S)c1=S. The molecule has 9 heteroatoms. The van der Waals surface area contributed by atoms with Crippen molar-refractivity contribution in [3.05, 3.63) is 106 Å². The quantitative estimate of drug-likeness (QED) is 0.376. The topological polar surface area (TPSA) is 53.9 Å². The van der Waals surface area contributed by atoms with Gasteiger partial charge in [-0.1, -0.05) is 43.9 Å². The smallest absolute Gasteiger partial charge is 0.264 e. The lowest BCUT2D eigenvalue weighted by Gasteiger charge is -2.20. The predicted octanol–water partition coefficient (Wildman–Crippen LogP) is 3.66. The van der Waals surface area contributed by atoms with E-state index in [0.717, 1.165) is 0 Å². The van der Waals surface area contributed by atoms with Gasteiger partial charge in [-0.15, -0.1) is 0 Å². The molecule has 0 amide bonds. The van der Waals surface area contributed by atoms with Crippen LogP contribution in [0, 0.1) is 9.54 Å². The average molecular weight is 417 g/mol. The molecule has 0 fully saturated rings. The number of carbonyl (C=O) groups excluding carboxylic acids is 2. The zero-order chi connectivity index (χ0) is 20.4. The van der Waals surface area contributed by atoms with E-state index in [0.29, 0.717) is 20.7 Å². The van der Waals surface area contributed by atoms with Gasteiger partial charge in [0, 0.05) is 23.5 Å². The molecule has 2 aromatic heterocycles. The van der Waals surface area contributed by atoms with Crippen LogP contribution in [0.3, 0.4) is 0 Å². The van der Waals surface area contributed by atoms with Crippen LogP contribution in [0.2, 0.25) is 0 Å². The van der Waals surface area contributed by atoms with Gasteiger partial charge in [0.15, 0.2) is 0 Å². The Hall–Kier alpha value is -3.30. The first-order chi connectivity index (χ1) is 14.1. The van der Waals surface area contributed by atoms with E-state index in [9.17, 15) is 9.59 Å². The minimum atomic E-state index is -0.219. The highest BCUT2D eigenvalue weighted by Gasteiger charge is 2.10. The lowest BCUT2D eigenvalue weighted by atomic mass is 10.2. The van der Waals surface area contributed by atoms with Crippen LogP contribution in [0.15, 0.2) is 85.5 Å². The van der Waals surface area contributed by atoms with Crippen LogP contribution < -0.4 is 0 Å². The molecule has 0 aliphatic heterocycles. The first kappa shape index (κ1) is 19.0. The largest absolute Gasteiger partial charge is 0.541 e. The van der Waals surface area contributed by atoms with Crippen LogP contribution >= 0.6 is 24.4 Å². The molecule has 0 saturated heterocycles. The van der Waals surface area contributed by atoms with E-state index in [1.807, 2.05) is 12.1 Å². The third-order valence-electron chi connectivity index (χ3n) is 4.33. The maximum absolute atomic E-state index is 12.6. The van der Waals surface area contributed by atoms with Gasteiger partial charge < -0.3 is 8.96 Å². The van der Waals surface area contributed by atoms with Gasteiger partial charge in [0.1, 0.15) is 9.54 Å². The molecule has 0 unspecified atom stereocenters. The van der Waals surface area contributed by atoms with Gasteiger partial charge in [-0.25, -0.2) is 0 Å². The number of imidazole rings is 2. The molecule has 0 aliphatic carbocycles. The fourth-order valence-electron chi connectivity index (χ4n) is 2.84. The predicted molar refractivity (Wildman–Crippen MR) is 115 cm³/mol. The van der Waals surface area contributed by atoms with Gasteiger partial charge in [0.25, 0.3) is 11.8 Å². The number of carbonyl (C=O) groups is 2. The Kier molecular flexibility index (Phi) is 5.24. The van der Waals surface area contributed by atoms with Crippen LogP contribution in [-0.2, 0) is 0 Å². The standard InChI is InChI=1S/C20H14BN4O2S2/c26-17(15-7-3-1-4-8-15)22-11-13-24(19(22)28)21-25-14-12-23(20(25)29)18(27)16-9-5-2-6-10-16/h1-14H/q-1. The fourth-order valence-corrected chi connectivity index (χ4v) is 3.34. The Morgan fingerprint density at radius 3 is 1.38 bits per heavy atom. The minimum absolute atomic E-state index is 0.219. The van der Waals surface area contributed by atoms with Crippen LogP contribution in [0.5, 0.6) is 0 Å². The summed E-state index contributed by atoms with van der Waals surface area (Å²) in [5.74, 6) is -0.439. The van der Waals surface area contributed by atoms with Crippen molar-refractivity contribution in [3.8, 4) is 0 Å². The molecule has 4 rings (SSSR count). The van der Waals surface area contributed by atoms with E-state index in [4.69, 9.17) is 24.4 Å². The third-order valence-corrected chi connectivity index (χ3v) is 5.15. The lowest BCUT2D eigenvalue weighted by molar-refractivity contribution is 0.0950. The maximum Gasteiger partial charge on any atom is 0.264 e. The minimum Gasteiger partial charge on any atom is -0.541 e. The van der Waals surface area contributed by atoms with Crippen molar-refractivity contribution in [2.75, 3.05) is 0 Å². The number of aromatic nitrogens is 4. The summed E-state index contributed by atoms with van der Waals surface area (Å²) in [6, 6.07) is 17.8. The molecule has 0 aliphatic rings. The van der Waals surface area contributed by atoms with E-state index >= 15 is 0 Å². The summed E-state index contributed by atoms with van der Waals surface area (Å²) in [6.07, 6.45) is 6.54. The van der Waals surface area contributed by atoms with E-state index in [-0.39, 0.29) is 11.8 Å². The monoisotopic (exact) mass is 417 g/mol. The number of hydrogen-bond acceptors (Lipinski definition) is 4. The molecule has 2 radical (unpaired) electrons. The highest BCUT2D eigenvalue weighted by molar-refractivity contribution is 7.71. The fraction of sp³-hybridized carbons (Fsp3) is 0. The van der Waals surface area contributed by atoms with Crippen molar-refractivity contribution in [1.82, 2.24) is 18.1 Å². The molecule has 0 spiro atoms. The lowest BCUT2D eigenvalue weighted by Crippen LogP contribution is -2.19. The van der Waals surface area contributed by atoms with E-state index in [1.54, 1.807) is 89.8 Å². The number of benzene rings is 2. The van der Waals surface area contributed by atoms with Gasteiger partial charge in [-0.2, -0.15) is 0 Å². The Morgan fingerprint density at radius 2 is 1.00 bits per heavy atom. The second-order valence-corrected chi connectivity index (χ2v) is 6.90. The average Bonchev–Trinajstić information content (AvgIpc) is 3.31.